The summed E-state index contributed by atoms with van der Waals surface area (Å²) in [5, 5.41) is 18.5. The van der Waals surface area contributed by atoms with E-state index < -0.39 is 4.92 Å². The second kappa shape index (κ2) is 5.95. The molecule has 21 heavy (non-hydrogen) atoms. The zero-order valence-corrected chi connectivity index (χ0v) is 12.9. The van der Waals surface area contributed by atoms with Crippen molar-refractivity contribution in [1.82, 2.24) is 10.3 Å². The molecule has 7 heteroatoms. The zero-order chi connectivity index (χ0) is 14.8. The molecule has 0 spiro atoms. The van der Waals surface area contributed by atoms with Crippen LogP contribution in [0.1, 0.15) is 12.8 Å². The van der Waals surface area contributed by atoms with E-state index in [2.05, 4.69) is 31.5 Å². The van der Waals surface area contributed by atoms with Gasteiger partial charge in [-0.25, -0.2) is 4.98 Å². The predicted octanol–water partition coefficient (Wildman–Crippen LogP) is 3.07. The molecule has 1 aromatic heterocycles. The number of pyridine rings is 1. The normalized spacial score (nSPS) is 14.3. The molecule has 0 amide bonds. The van der Waals surface area contributed by atoms with E-state index in [1.54, 1.807) is 0 Å². The van der Waals surface area contributed by atoms with Crippen molar-refractivity contribution in [3.8, 4) is 0 Å². The Kier molecular flexibility index (Phi) is 4.03. The number of aromatic nitrogens is 1. The van der Waals surface area contributed by atoms with Gasteiger partial charge in [-0.05, 0) is 31.0 Å². The molecule has 1 aromatic carbocycles. The summed E-state index contributed by atoms with van der Waals surface area (Å²) >= 11 is 3.40. The predicted molar refractivity (Wildman–Crippen MR) is 85.6 cm³/mol. The maximum Gasteiger partial charge on any atom is 0.311 e. The highest BCUT2D eigenvalue weighted by atomic mass is 79.9. The summed E-state index contributed by atoms with van der Waals surface area (Å²) in [5.74, 6) is 0. The fourth-order valence-electron chi connectivity index (χ4n) is 2.23. The Bertz CT molecular complexity index is 688. The highest BCUT2D eigenvalue weighted by Gasteiger charge is 2.21. The molecule has 0 bridgehead atoms. The van der Waals surface area contributed by atoms with Crippen molar-refractivity contribution >= 4 is 38.2 Å². The van der Waals surface area contributed by atoms with Crippen molar-refractivity contribution < 1.29 is 4.92 Å². The second-order valence-corrected chi connectivity index (χ2v) is 6.01. The van der Waals surface area contributed by atoms with Gasteiger partial charge in [0.25, 0.3) is 0 Å². The monoisotopic (exact) mass is 350 g/mol. The summed E-state index contributed by atoms with van der Waals surface area (Å²) in [7, 11) is 0. The largest absolute Gasteiger partial charge is 0.378 e. The Morgan fingerprint density at radius 3 is 2.90 bits per heavy atom. The third kappa shape index (κ3) is 3.30. The van der Waals surface area contributed by atoms with E-state index in [1.807, 2.05) is 18.2 Å². The molecule has 0 atom stereocenters. The number of nitrogens with zero attached hydrogens (tertiary/aromatic N) is 2. The lowest BCUT2D eigenvalue weighted by Crippen LogP contribution is -2.24. The molecule has 0 saturated heterocycles. The topological polar surface area (TPSA) is 80.1 Å². The lowest BCUT2D eigenvalue weighted by Gasteiger charge is -2.10. The van der Waals surface area contributed by atoms with Gasteiger partial charge >= 0.3 is 5.69 Å². The number of nitro groups is 1. The van der Waals surface area contributed by atoms with Crippen LogP contribution in [0.2, 0.25) is 0 Å². The zero-order valence-electron chi connectivity index (χ0n) is 11.3. The van der Waals surface area contributed by atoms with Crippen molar-refractivity contribution in [2.75, 3.05) is 18.4 Å². The molecule has 1 aliphatic carbocycles. The van der Waals surface area contributed by atoms with Gasteiger partial charge in [0, 0.05) is 29.0 Å². The van der Waals surface area contributed by atoms with Crippen LogP contribution in [0.5, 0.6) is 0 Å². The Hall–Kier alpha value is -1.73. The molecule has 0 unspecified atom stereocenters. The minimum atomic E-state index is -0.399. The Morgan fingerprint density at radius 1 is 1.38 bits per heavy atom. The Morgan fingerprint density at radius 2 is 2.19 bits per heavy atom. The van der Waals surface area contributed by atoms with Crippen molar-refractivity contribution in [3.63, 3.8) is 0 Å². The van der Waals surface area contributed by atoms with Gasteiger partial charge in [0.1, 0.15) is 11.9 Å². The van der Waals surface area contributed by atoms with Crippen LogP contribution in [0.4, 0.5) is 11.4 Å². The Balaban J connectivity index is 1.88. The molecule has 110 valence electrons. The minimum Gasteiger partial charge on any atom is -0.378 e. The minimum absolute atomic E-state index is 0.00650. The van der Waals surface area contributed by atoms with Crippen LogP contribution in [-0.4, -0.2) is 29.0 Å². The first-order chi connectivity index (χ1) is 10.1. The van der Waals surface area contributed by atoms with E-state index in [1.165, 1.54) is 19.0 Å². The summed E-state index contributed by atoms with van der Waals surface area (Å²) in [4.78, 5) is 15.0. The van der Waals surface area contributed by atoms with Crippen LogP contribution in [0.25, 0.3) is 10.9 Å². The van der Waals surface area contributed by atoms with Crippen molar-refractivity contribution in [2.45, 2.75) is 18.9 Å². The van der Waals surface area contributed by atoms with Gasteiger partial charge in [0.2, 0.25) is 0 Å². The third-order valence-electron chi connectivity index (χ3n) is 3.44. The molecule has 3 rings (SSSR count). The van der Waals surface area contributed by atoms with Crippen molar-refractivity contribution in [2.24, 2.45) is 0 Å². The van der Waals surface area contributed by atoms with Gasteiger partial charge in [-0.2, -0.15) is 0 Å². The molecule has 1 fully saturated rings. The fourth-order valence-corrected chi connectivity index (χ4v) is 2.59. The van der Waals surface area contributed by atoms with Gasteiger partial charge in [-0.1, -0.05) is 15.9 Å². The smallest absolute Gasteiger partial charge is 0.311 e. The lowest BCUT2D eigenvalue weighted by molar-refractivity contribution is -0.384. The van der Waals surface area contributed by atoms with Crippen LogP contribution in [0.3, 0.4) is 0 Å². The number of fused-ring (bicyclic) bond motifs is 1. The second-order valence-electron chi connectivity index (χ2n) is 5.09. The number of rotatable bonds is 6. The molecule has 6 nitrogen and oxygen atoms in total. The maximum atomic E-state index is 11.2. The summed E-state index contributed by atoms with van der Waals surface area (Å²) < 4.78 is 0.872. The van der Waals surface area contributed by atoms with Crippen LogP contribution < -0.4 is 10.6 Å². The van der Waals surface area contributed by atoms with Crippen LogP contribution >= 0.6 is 15.9 Å². The van der Waals surface area contributed by atoms with Crippen LogP contribution in [-0.2, 0) is 0 Å². The third-order valence-corrected chi connectivity index (χ3v) is 3.94. The van der Waals surface area contributed by atoms with Gasteiger partial charge in [-0.3, -0.25) is 10.1 Å². The molecule has 1 saturated carbocycles. The lowest BCUT2D eigenvalue weighted by atomic mass is 10.1. The van der Waals surface area contributed by atoms with E-state index in [-0.39, 0.29) is 5.69 Å². The number of hydrogen-bond acceptors (Lipinski definition) is 5. The number of anilines is 1. The number of hydrogen-bond donors (Lipinski definition) is 2. The van der Waals surface area contributed by atoms with Gasteiger partial charge in [-0.15, -0.1) is 0 Å². The van der Waals surface area contributed by atoms with E-state index in [0.29, 0.717) is 18.3 Å². The molecule has 2 N–H and O–H groups in total. The van der Waals surface area contributed by atoms with Crippen molar-refractivity contribution in [3.05, 3.63) is 39.0 Å². The molecular weight excluding hydrogens is 336 g/mol. The fraction of sp³-hybridized carbons (Fsp3) is 0.357. The summed E-state index contributed by atoms with van der Waals surface area (Å²) in [6.45, 7) is 1.43. The molecule has 2 aromatic rings. The first kappa shape index (κ1) is 14.2. The Labute approximate surface area is 130 Å². The van der Waals surface area contributed by atoms with Crippen molar-refractivity contribution in [1.29, 1.82) is 0 Å². The molecule has 0 aliphatic heterocycles. The van der Waals surface area contributed by atoms with Crippen LogP contribution in [0, 0.1) is 10.1 Å². The number of nitrogens with one attached hydrogen (secondary N) is 2. The summed E-state index contributed by atoms with van der Waals surface area (Å²) in [5.41, 5.74) is 1.28. The van der Waals surface area contributed by atoms with E-state index in [9.17, 15) is 10.1 Å². The molecule has 1 aliphatic rings. The van der Waals surface area contributed by atoms with Crippen LogP contribution in [0.15, 0.2) is 28.9 Å². The van der Waals surface area contributed by atoms with E-state index >= 15 is 0 Å². The SMILES string of the molecule is O=[N+]([O-])c1cnc2ccc(Br)cc2c1NCCNC1CC1. The average molecular weight is 351 g/mol. The summed E-state index contributed by atoms with van der Waals surface area (Å²) in [6, 6.07) is 6.20. The average Bonchev–Trinajstić information content (AvgIpc) is 3.27. The first-order valence-corrected chi connectivity index (χ1v) is 7.64. The van der Waals surface area contributed by atoms with E-state index in [0.717, 1.165) is 21.9 Å². The standard InChI is InChI=1S/C14H15BrN4O2/c15-9-1-4-12-11(7-9)14(13(8-18-12)19(20)21)17-6-5-16-10-2-3-10/h1,4,7-8,10,16H,2-3,5-6H2,(H,17,18). The quantitative estimate of drug-likeness (QED) is 0.475. The van der Waals surface area contributed by atoms with Gasteiger partial charge < -0.3 is 10.6 Å². The highest BCUT2D eigenvalue weighted by Crippen LogP contribution is 2.32. The van der Waals surface area contributed by atoms with Gasteiger partial charge in [0.15, 0.2) is 0 Å². The highest BCUT2D eigenvalue weighted by molar-refractivity contribution is 9.10. The molecule has 0 radical (unpaired) electrons. The maximum absolute atomic E-state index is 11.2. The van der Waals surface area contributed by atoms with E-state index in [4.69, 9.17) is 0 Å². The number of halogens is 1. The van der Waals surface area contributed by atoms with Gasteiger partial charge in [0.05, 0.1) is 10.4 Å². The molecular formula is C14H15BrN4O2. The molecule has 1 heterocycles. The summed E-state index contributed by atoms with van der Waals surface area (Å²) in [6.07, 6.45) is 3.77. The first-order valence-electron chi connectivity index (χ1n) is 6.85. The number of benzene rings is 1.